The van der Waals surface area contributed by atoms with Gasteiger partial charge in [0, 0.05) is 4.92 Å². The minimum atomic E-state index is -2.75. The smallest absolute Gasteiger partial charge is 0.262 e. The van der Waals surface area contributed by atoms with Gasteiger partial charge in [-0.15, -0.1) is 0 Å². The maximum absolute atomic E-state index is 10.7. The molecular weight excluding hydrogens is 291 g/mol. The highest BCUT2D eigenvalue weighted by atomic mass is 32.5. The van der Waals surface area contributed by atoms with Gasteiger partial charge in [0.2, 0.25) is 6.54 Å². The summed E-state index contributed by atoms with van der Waals surface area (Å²) >= 11 is 5.29. The van der Waals surface area contributed by atoms with Gasteiger partial charge in [0.25, 0.3) is 6.64 Å². The van der Waals surface area contributed by atoms with Gasteiger partial charge in [0.05, 0.1) is 19.5 Å². The van der Waals surface area contributed by atoms with Crippen molar-refractivity contribution in [2.24, 2.45) is 0 Å². The summed E-state index contributed by atoms with van der Waals surface area (Å²) in [7, 11) is 0. The highest BCUT2D eigenvalue weighted by molar-refractivity contribution is 8.08. The van der Waals surface area contributed by atoms with Crippen molar-refractivity contribution in [3.63, 3.8) is 0 Å². The van der Waals surface area contributed by atoms with Crippen LogP contribution >= 0.6 is 6.64 Å². The van der Waals surface area contributed by atoms with Gasteiger partial charge in [0.1, 0.15) is 11.8 Å². The first-order valence-corrected chi connectivity index (χ1v) is 8.46. The lowest BCUT2D eigenvalue weighted by Gasteiger charge is -2.24. The number of rotatable bonds is 9. The molecule has 0 saturated carbocycles. The Morgan fingerprint density at radius 3 is 2.58 bits per heavy atom. The molecule has 9 heteroatoms. The number of furan rings is 1. The third-order valence-electron chi connectivity index (χ3n) is 2.13. The third kappa shape index (κ3) is 5.38. The van der Waals surface area contributed by atoms with Gasteiger partial charge < -0.3 is 13.5 Å². The van der Waals surface area contributed by atoms with Gasteiger partial charge in [-0.2, -0.15) is 0 Å². The predicted octanol–water partition coefficient (Wildman–Crippen LogP) is 2.48. The Balaban J connectivity index is 2.86. The average Bonchev–Trinajstić information content (AvgIpc) is 2.81. The summed E-state index contributed by atoms with van der Waals surface area (Å²) in [5, 5.41) is 13.6. The molecule has 1 atom stereocenters. The average molecular weight is 308 g/mol. The molecule has 7 nitrogen and oxygen atoms in total. The number of hydrogen-bond acceptors (Lipinski definition) is 6. The summed E-state index contributed by atoms with van der Waals surface area (Å²) < 4.78 is 16.0. The summed E-state index contributed by atoms with van der Waals surface area (Å²) in [4.78, 5) is 10.3. The Kier molecular flexibility index (Phi) is 6.60. The van der Waals surface area contributed by atoms with Crippen molar-refractivity contribution in [1.82, 2.24) is 5.09 Å². The lowest BCUT2D eigenvalue weighted by molar-refractivity contribution is -0.484. The number of nitrogens with zero attached hydrogens (tertiary/aromatic N) is 1. The second-order valence-electron chi connectivity index (χ2n) is 3.55. The van der Waals surface area contributed by atoms with Crippen LogP contribution in [0.25, 0.3) is 0 Å². The normalized spacial score (nSPS) is 13.4. The van der Waals surface area contributed by atoms with Crippen LogP contribution in [-0.4, -0.2) is 24.7 Å². The Morgan fingerprint density at radius 1 is 1.53 bits per heavy atom. The van der Waals surface area contributed by atoms with Crippen molar-refractivity contribution in [2.45, 2.75) is 19.9 Å². The van der Waals surface area contributed by atoms with Crippen molar-refractivity contribution in [3.8, 4) is 0 Å². The van der Waals surface area contributed by atoms with Crippen LogP contribution in [0.5, 0.6) is 0 Å². The van der Waals surface area contributed by atoms with Gasteiger partial charge in [-0.05, 0) is 37.8 Å². The highest BCUT2D eigenvalue weighted by Crippen LogP contribution is 2.46. The van der Waals surface area contributed by atoms with E-state index in [4.69, 9.17) is 25.3 Å². The van der Waals surface area contributed by atoms with E-state index in [0.29, 0.717) is 19.0 Å². The molecule has 0 aromatic carbocycles. The van der Waals surface area contributed by atoms with Crippen LogP contribution in [0.2, 0.25) is 0 Å². The van der Waals surface area contributed by atoms with E-state index in [0.717, 1.165) is 0 Å². The lowest BCUT2D eigenvalue weighted by Crippen LogP contribution is -2.27. The van der Waals surface area contributed by atoms with Crippen molar-refractivity contribution in [2.75, 3.05) is 19.8 Å². The molecule has 1 aromatic rings. The minimum absolute atomic E-state index is 0.355. The van der Waals surface area contributed by atoms with Gasteiger partial charge in [-0.3, -0.25) is 10.1 Å². The first-order valence-electron chi connectivity index (χ1n) is 5.83. The van der Waals surface area contributed by atoms with Crippen molar-refractivity contribution < 1.29 is 18.4 Å². The summed E-state index contributed by atoms with van der Waals surface area (Å²) in [5.74, 6) is 0.435. The molecule has 0 aliphatic rings. The molecular formula is C10H17N2O5PS. The fourth-order valence-corrected chi connectivity index (χ4v) is 3.98. The van der Waals surface area contributed by atoms with E-state index in [-0.39, 0.29) is 6.54 Å². The quantitative estimate of drug-likeness (QED) is 0.426. The third-order valence-corrected chi connectivity index (χ3v) is 4.90. The maximum atomic E-state index is 10.7. The second-order valence-corrected chi connectivity index (χ2v) is 6.76. The van der Waals surface area contributed by atoms with E-state index < -0.39 is 17.6 Å². The SMILES string of the molecule is CCOP(=S)(N[C@H](C[N+](=O)[O-])c1ccco1)OCC. The molecule has 0 unspecified atom stereocenters. The first-order chi connectivity index (χ1) is 9.00. The number of nitrogens with one attached hydrogen (secondary N) is 1. The zero-order valence-electron chi connectivity index (χ0n) is 10.8. The molecule has 0 bridgehead atoms. The summed E-state index contributed by atoms with van der Waals surface area (Å²) in [6.45, 7) is 1.21. The Bertz CT molecular complexity index is 429. The van der Waals surface area contributed by atoms with E-state index in [1.165, 1.54) is 6.26 Å². The molecule has 108 valence electrons. The Labute approximate surface area is 116 Å². The van der Waals surface area contributed by atoms with E-state index in [1.54, 1.807) is 26.0 Å². The first kappa shape index (κ1) is 16.3. The number of nitro groups is 1. The maximum Gasteiger partial charge on any atom is 0.262 e. The largest absolute Gasteiger partial charge is 0.467 e. The van der Waals surface area contributed by atoms with Crippen LogP contribution < -0.4 is 5.09 Å². The standard InChI is InChI=1S/C10H17N2O5PS/c1-3-16-18(19,17-4-2)11-9(8-12(13)14)10-6-5-7-15-10/h5-7,9H,3-4,8H2,1-2H3,(H,11,19)/t9-/m1/s1. The molecule has 1 aromatic heterocycles. The van der Waals surface area contributed by atoms with E-state index in [2.05, 4.69) is 5.09 Å². The molecule has 1 N–H and O–H groups in total. The molecule has 0 spiro atoms. The zero-order valence-corrected chi connectivity index (χ0v) is 12.5. The Morgan fingerprint density at radius 2 is 2.16 bits per heavy atom. The monoisotopic (exact) mass is 308 g/mol. The zero-order chi connectivity index (χ0) is 14.3. The fourth-order valence-electron chi connectivity index (χ4n) is 1.48. The van der Waals surface area contributed by atoms with Crippen molar-refractivity contribution >= 4 is 18.4 Å². The highest BCUT2D eigenvalue weighted by Gasteiger charge is 2.29. The van der Waals surface area contributed by atoms with Gasteiger partial charge in [-0.1, -0.05) is 0 Å². The molecule has 0 aliphatic carbocycles. The summed E-state index contributed by atoms with van der Waals surface area (Å²) in [6.07, 6.45) is 1.45. The van der Waals surface area contributed by atoms with Gasteiger partial charge >= 0.3 is 0 Å². The number of hydrogen-bond donors (Lipinski definition) is 1. The van der Waals surface area contributed by atoms with Crippen LogP contribution in [0.4, 0.5) is 0 Å². The van der Waals surface area contributed by atoms with Crippen LogP contribution in [0.15, 0.2) is 22.8 Å². The van der Waals surface area contributed by atoms with Gasteiger partial charge in [0.15, 0.2) is 0 Å². The lowest BCUT2D eigenvalue weighted by atomic mass is 10.2. The molecule has 1 heterocycles. The van der Waals surface area contributed by atoms with Crippen molar-refractivity contribution in [3.05, 3.63) is 34.3 Å². The predicted molar refractivity (Wildman–Crippen MR) is 74.0 cm³/mol. The summed E-state index contributed by atoms with van der Waals surface area (Å²) in [6, 6.07) is 2.64. The van der Waals surface area contributed by atoms with Crippen molar-refractivity contribution in [1.29, 1.82) is 0 Å². The molecule has 0 amide bonds. The van der Waals surface area contributed by atoms with Crippen LogP contribution in [0.1, 0.15) is 25.6 Å². The van der Waals surface area contributed by atoms with E-state index in [9.17, 15) is 10.1 Å². The second kappa shape index (κ2) is 7.72. The molecule has 0 radical (unpaired) electrons. The van der Waals surface area contributed by atoms with Crippen LogP contribution in [0.3, 0.4) is 0 Å². The van der Waals surface area contributed by atoms with E-state index in [1.807, 2.05) is 0 Å². The molecule has 1 rings (SSSR count). The van der Waals surface area contributed by atoms with E-state index >= 15 is 0 Å². The van der Waals surface area contributed by atoms with Crippen LogP contribution in [-0.2, 0) is 20.9 Å². The summed E-state index contributed by atoms with van der Waals surface area (Å²) in [5.41, 5.74) is 0. The molecule has 0 saturated heterocycles. The topological polar surface area (TPSA) is 86.8 Å². The molecule has 19 heavy (non-hydrogen) atoms. The van der Waals surface area contributed by atoms with Crippen LogP contribution in [0, 0.1) is 10.1 Å². The fraction of sp³-hybridized carbons (Fsp3) is 0.600. The minimum Gasteiger partial charge on any atom is -0.467 e. The molecule has 0 fully saturated rings. The Hall–Kier alpha value is -0.790. The molecule has 0 aliphatic heterocycles. The van der Waals surface area contributed by atoms with Gasteiger partial charge in [-0.25, -0.2) is 5.09 Å².